The Balaban J connectivity index is 2.48. The number of methoxy groups -OCH3 is 1. The summed E-state index contributed by atoms with van der Waals surface area (Å²) in [6.07, 6.45) is 6.14. The fourth-order valence-corrected chi connectivity index (χ4v) is 3.66. The number of ether oxygens (including phenoxy) is 1. The molecule has 2 rings (SSSR count). The van der Waals surface area contributed by atoms with Crippen LogP contribution in [0.25, 0.3) is 10.2 Å². The van der Waals surface area contributed by atoms with Crippen LogP contribution >= 0.6 is 11.3 Å². The zero-order chi connectivity index (χ0) is 16.8. The van der Waals surface area contributed by atoms with Crippen molar-refractivity contribution in [3.05, 3.63) is 16.8 Å². The molecule has 0 aromatic carbocycles. The second kappa shape index (κ2) is 8.24. The Labute approximate surface area is 141 Å². The van der Waals surface area contributed by atoms with Gasteiger partial charge in [0.15, 0.2) is 0 Å². The molecule has 0 unspecified atom stereocenters. The standard InChI is InChI=1S/C17H25N3O2S/c1-5-7-9-20(10-8-6-2)15-13-12(3)14(17(21)22-4)23-16(13)19-11-18-15/h11H,5-10H2,1-4H3. The Morgan fingerprint density at radius 1 is 1.22 bits per heavy atom. The van der Waals surface area contributed by atoms with Crippen LogP contribution in [0, 0.1) is 6.92 Å². The second-order valence-corrected chi connectivity index (χ2v) is 6.62. The molecule has 0 saturated carbocycles. The number of aryl methyl sites for hydroxylation is 1. The monoisotopic (exact) mass is 335 g/mol. The van der Waals surface area contributed by atoms with Gasteiger partial charge in [0.2, 0.25) is 0 Å². The lowest BCUT2D eigenvalue weighted by atomic mass is 10.1. The third kappa shape index (κ3) is 3.80. The van der Waals surface area contributed by atoms with E-state index in [9.17, 15) is 4.79 Å². The van der Waals surface area contributed by atoms with Crippen LogP contribution in [0.1, 0.15) is 54.8 Å². The number of thiophene rings is 1. The van der Waals surface area contributed by atoms with E-state index in [1.165, 1.54) is 18.4 Å². The molecule has 126 valence electrons. The fourth-order valence-electron chi connectivity index (χ4n) is 2.60. The van der Waals surface area contributed by atoms with E-state index in [-0.39, 0.29) is 5.97 Å². The summed E-state index contributed by atoms with van der Waals surface area (Å²) in [5, 5.41) is 0.991. The van der Waals surface area contributed by atoms with Crippen molar-refractivity contribution >= 4 is 33.3 Å². The van der Waals surface area contributed by atoms with Crippen LogP contribution in [0.4, 0.5) is 5.82 Å². The quantitative estimate of drug-likeness (QED) is 0.677. The molecule has 0 bridgehead atoms. The molecule has 0 N–H and O–H groups in total. The number of carbonyl (C=O) groups excluding carboxylic acids is 1. The van der Waals surface area contributed by atoms with Crippen molar-refractivity contribution in [1.29, 1.82) is 0 Å². The van der Waals surface area contributed by atoms with Gasteiger partial charge in [0, 0.05) is 13.1 Å². The molecular weight excluding hydrogens is 310 g/mol. The van der Waals surface area contributed by atoms with Gasteiger partial charge < -0.3 is 9.64 Å². The largest absolute Gasteiger partial charge is 0.465 e. The third-order valence-electron chi connectivity index (χ3n) is 3.94. The smallest absolute Gasteiger partial charge is 0.348 e. The predicted molar refractivity (Wildman–Crippen MR) is 95.5 cm³/mol. The van der Waals surface area contributed by atoms with Crippen molar-refractivity contribution in [2.75, 3.05) is 25.1 Å². The SMILES string of the molecule is CCCCN(CCCC)c1ncnc2sc(C(=O)OC)c(C)c12. The van der Waals surface area contributed by atoms with E-state index in [0.29, 0.717) is 4.88 Å². The van der Waals surface area contributed by atoms with E-state index in [4.69, 9.17) is 4.74 Å². The predicted octanol–water partition coefficient (Wildman–Crippen LogP) is 4.19. The summed E-state index contributed by atoms with van der Waals surface area (Å²) in [5.41, 5.74) is 0.922. The highest BCUT2D eigenvalue weighted by Gasteiger charge is 2.21. The van der Waals surface area contributed by atoms with Gasteiger partial charge in [-0.1, -0.05) is 26.7 Å². The zero-order valence-electron chi connectivity index (χ0n) is 14.4. The number of anilines is 1. The highest BCUT2D eigenvalue weighted by Crippen LogP contribution is 2.35. The molecule has 5 nitrogen and oxygen atoms in total. The number of aromatic nitrogens is 2. The van der Waals surface area contributed by atoms with E-state index in [1.54, 1.807) is 6.33 Å². The van der Waals surface area contributed by atoms with E-state index < -0.39 is 0 Å². The number of rotatable bonds is 8. The number of nitrogens with zero attached hydrogens (tertiary/aromatic N) is 3. The maximum atomic E-state index is 12.0. The summed E-state index contributed by atoms with van der Waals surface area (Å²) in [5.74, 6) is 0.644. The maximum absolute atomic E-state index is 12.0. The molecule has 2 aromatic heterocycles. The van der Waals surface area contributed by atoms with Crippen LogP contribution in [0.15, 0.2) is 6.33 Å². The Kier molecular flexibility index (Phi) is 6.33. The summed E-state index contributed by atoms with van der Waals surface area (Å²) >= 11 is 1.38. The van der Waals surface area contributed by atoms with Crippen molar-refractivity contribution < 1.29 is 9.53 Å². The average Bonchev–Trinajstić information content (AvgIpc) is 2.91. The Hall–Kier alpha value is -1.69. The molecule has 0 radical (unpaired) electrons. The zero-order valence-corrected chi connectivity index (χ0v) is 15.2. The molecule has 23 heavy (non-hydrogen) atoms. The lowest BCUT2D eigenvalue weighted by Gasteiger charge is -2.24. The van der Waals surface area contributed by atoms with Crippen LogP contribution in [0.3, 0.4) is 0 Å². The summed E-state index contributed by atoms with van der Waals surface area (Å²) in [7, 11) is 1.41. The lowest BCUT2D eigenvalue weighted by Crippen LogP contribution is -2.26. The minimum Gasteiger partial charge on any atom is -0.465 e. The van der Waals surface area contributed by atoms with Gasteiger partial charge in [-0.15, -0.1) is 11.3 Å². The highest BCUT2D eigenvalue weighted by atomic mass is 32.1. The van der Waals surface area contributed by atoms with Crippen LogP contribution in [0.5, 0.6) is 0 Å². The summed E-state index contributed by atoms with van der Waals surface area (Å²) in [4.78, 5) is 24.7. The van der Waals surface area contributed by atoms with Crippen LogP contribution in [-0.4, -0.2) is 36.1 Å². The number of hydrogen-bond donors (Lipinski definition) is 0. The summed E-state index contributed by atoms with van der Waals surface area (Å²) < 4.78 is 4.89. The van der Waals surface area contributed by atoms with Gasteiger partial charge >= 0.3 is 5.97 Å². The Morgan fingerprint density at radius 3 is 2.43 bits per heavy atom. The molecule has 0 aliphatic carbocycles. The molecule has 0 saturated heterocycles. The van der Waals surface area contributed by atoms with Crippen LogP contribution < -0.4 is 4.90 Å². The first-order valence-corrected chi connectivity index (χ1v) is 9.03. The molecule has 0 atom stereocenters. The average molecular weight is 335 g/mol. The van der Waals surface area contributed by atoms with Gasteiger partial charge in [0.05, 0.1) is 12.5 Å². The first-order chi connectivity index (χ1) is 11.1. The molecule has 6 heteroatoms. The molecule has 0 aliphatic heterocycles. The third-order valence-corrected chi connectivity index (χ3v) is 5.12. The minimum atomic E-state index is -0.301. The number of esters is 1. The molecule has 2 aromatic rings. The molecule has 0 spiro atoms. The van der Waals surface area contributed by atoms with E-state index in [1.807, 2.05) is 6.92 Å². The van der Waals surface area contributed by atoms with Gasteiger partial charge in [0.1, 0.15) is 21.9 Å². The van der Waals surface area contributed by atoms with E-state index in [0.717, 1.165) is 60.4 Å². The second-order valence-electron chi connectivity index (χ2n) is 5.62. The van der Waals surface area contributed by atoms with Crippen LogP contribution in [0.2, 0.25) is 0 Å². The molecule has 2 heterocycles. The fraction of sp³-hybridized carbons (Fsp3) is 0.588. The molecule has 0 aliphatic rings. The number of hydrogen-bond acceptors (Lipinski definition) is 6. The van der Waals surface area contributed by atoms with Gasteiger partial charge in [-0.2, -0.15) is 0 Å². The van der Waals surface area contributed by atoms with Gasteiger partial charge in [0.25, 0.3) is 0 Å². The summed E-state index contributed by atoms with van der Waals surface area (Å²) in [6, 6.07) is 0. The highest BCUT2D eigenvalue weighted by molar-refractivity contribution is 7.20. The molecule has 0 amide bonds. The maximum Gasteiger partial charge on any atom is 0.348 e. The lowest BCUT2D eigenvalue weighted by molar-refractivity contribution is 0.0605. The Bertz CT molecular complexity index is 661. The number of fused-ring (bicyclic) bond motifs is 1. The van der Waals surface area contributed by atoms with Gasteiger partial charge in [-0.3, -0.25) is 0 Å². The van der Waals surface area contributed by atoms with E-state index >= 15 is 0 Å². The molecule has 0 fully saturated rings. The summed E-state index contributed by atoms with van der Waals surface area (Å²) in [6.45, 7) is 8.30. The van der Waals surface area contributed by atoms with Crippen molar-refractivity contribution in [3.63, 3.8) is 0 Å². The first kappa shape index (κ1) is 17.7. The Morgan fingerprint density at radius 2 is 1.87 bits per heavy atom. The number of unbranched alkanes of at least 4 members (excludes halogenated alkanes) is 2. The minimum absolute atomic E-state index is 0.301. The topological polar surface area (TPSA) is 55.3 Å². The van der Waals surface area contributed by atoms with Crippen molar-refractivity contribution in [2.24, 2.45) is 0 Å². The van der Waals surface area contributed by atoms with Crippen molar-refractivity contribution in [3.8, 4) is 0 Å². The first-order valence-electron chi connectivity index (χ1n) is 8.21. The van der Waals surface area contributed by atoms with Gasteiger partial charge in [-0.05, 0) is 25.3 Å². The van der Waals surface area contributed by atoms with Gasteiger partial charge in [-0.25, -0.2) is 14.8 Å². The van der Waals surface area contributed by atoms with Crippen molar-refractivity contribution in [2.45, 2.75) is 46.5 Å². The van der Waals surface area contributed by atoms with E-state index in [2.05, 4.69) is 28.7 Å². The normalized spacial score (nSPS) is 11.0. The molecular formula is C17H25N3O2S. The number of carbonyl (C=O) groups is 1. The van der Waals surface area contributed by atoms with Crippen LogP contribution in [-0.2, 0) is 4.74 Å². The van der Waals surface area contributed by atoms with Crippen molar-refractivity contribution in [1.82, 2.24) is 9.97 Å².